The number of rotatable bonds is 3. The minimum Gasteiger partial charge on any atom is -0.444 e. The van der Waals surface area contributed by atoms with Crippen LogP contribution in [0.5, 0.6) is 0 Å². The van der Waals surface area contributed by atoms with E-state index >= 15 is 0 Å². The monoisotopic (exact) mass is 313 g/mol. The molecule has 0 fully saturated rings. The summed E-state index contributed by atoms with van der Waals surface area (Å²) in [6, 6.07) is 3.98. The SMILES string of the molecule is C#C[C@H](Cc1ccc(C(F)(F)F)cc1)NC(=O)OC(C)(C)C. The lowest BCUT2D eigenvalue weighted by molar-refractivity contribution is -0.137. The first-order valence-corrected chi connectivity index (χ1v) is 6.63. The maximum atomic E-state index is 12.5. The highest BCUT2D eigenvalue weighted by molar-refractivity contribution is 5.68. The number of alkyl halides is 3. The molecule has 0 saturated heterocycles. The fourth-order valence-corrected chi connectivity index (χ4v) is 1.67. The van der Waals surface area contributed by atoms with Crippen LogP contribution >= 0.6 is 0 Å². The standard InChI is InChI=1S/C16H18F3NO2/c1-5-13(20-14(21)22-15(2,3)4)10-11-6-8-12(9-7-11)16(17,18)19/h1,6-9,13H,10H2,2-4H3,(H,20,21)/t13-/m1/s1. The van der Waals surface area contributed by atoms with Crippen LogP contribution in [0.15, 0.2) is 24.3 Å². The Morgan fingerprint density at radius 1 is 1.27 bits per heavy atom. The van der Waals surface area contributed by atoms with Gasteiger partial charge in [0, 0.05) is 6.42 Å². The molecule has 0 unspecified atom stereocenters. The maximum Gasteiger partial charge on any atom is 0.416 e. The number of alkyl carbamates (subject to hydrolysis) is 1. The van der Waals surface area contributed by atoms with Crippen molar-refractivity contribution in [3.8, 4) is 12.3 Å². The van der Waals surface area contributed by atoms with Crippen molar-refractivity contribution < 1.29 is 22.7 Å². The Hall–Kier alpha value is -2.16. The number of terminal acetylenes is 1. The molecular formula is C16H18F3NO2. The second-order valence-corrected chi connectivity index (χ2v) is 5.76. The van der Waals surface area contributed by atoms with Crippen LogP contribution in [0.2, 0.25) is 0 Å². The molecule has 1 rings (SSSR count). The summed E-state index contributed by atoms with van der Waals surface area (Å²) in [7, 11) is 0. The topological polar surface area (TPSA) is 38.3 Å². The molecule has 6 heteroatoms. The van der Waals surface area contributed by atoms with E-state index in [9.17, 15) is 18.0 Å². The average Bonchev–Trinajstić information content (AvgIpc) is 2.35. The van der Waals surface area contributed by atoms with Crippen LogP contribution in [0.1, 0.15) is 31.9 Å². The summed E-state index contributed by atoms with van der Waals surface area (Å²) in [5.41, 5.74) is -0.793. The van der Waals surface area contributed by atoms with Crippen LogP contribution in [-0.2, 0) is 17.3 Å². The average molecular weight is 313 g/mol. The molecule has 0 saturated carbocycles. The Labute approximate surface area is 127 Å². The summed E-state index contributed by atoms with van der Waals surface area (Å²) in [5, 5.41) is 2.50. The molecule has 1 amide bonds. The van der Waals surface area contributed by atoms with Crippen molar-refractivity contribution in [3.05, 3.63) is 35.4 Å². The van der Waals surface area contributed by atoms with E-state index in [1.54, 1.807) is 20.8 Å². The number of amides is 1. The predicted molar refractivity (Wildman–Crippen MR) is 77.1 cm³/mol. The second-order valence-electron chi connectivity index (χ2n) is 5.76. The summed E-state index contributed by atoms with van der Waals surface area (Å²) < 4.78 is 42.5. The number of benzene rings is 1. The Kier molecular flexibility index (Phi) is 5.48. The van der Waals surface area contributed by atoms with Crippen molar-refractivity contribution in [1.29, 1.82) is 0 Å². The number of carbonyl (C=O) groups excluding carboxylic acids is 1. The quantitative estimate of drug-likeness (QED) is 0.863. The predicted octanol–water partition coefficient (Wildman–Crippen LogP) is 3.77. The van der Waals surface area contributed by atoms with E-state index in [1.807, 2.05) is 0 Å². The van der Waals surface area contributed by atoms with Gasteiger partial charge in [-0.25, -0.2) is 4.79 Å². The minimum absolute atomic E-state index is 0.216. The normalized spacial score (nSPS) is 13.1. The van der Waals surface area contributed by atoms with Gasteiger partial charge >= 0.3 is 12.3 Å². The minimum atomic E-state index is -4.38. The van der Waals surface area contributed by atoms with Crippen LogP contribution < -0.4 is 5.32 Å². The summed E-state index contributed by atoms with van der Waals surface area (Å²) in [4.78, 5) is 11.6. The van der Waals surface area contributed by atoms with Gasteiger partial charge in [0.05, 0.1) is 11.6 Å². The van der Waals surface area contributed by atoms with Crippen LogP contribution in [-0.4, -0.2) is 17.7 Å². The van der Waals surface area contributed by atoms with Crippen molar-refractivity contribution in [3.63, 3.8) is 0 Å². The molecule has 0 aliphatic carbocycles. The Bertz CT molecular complexity index is 551. The molecule has 0 aliphatic heterocycles. The summed E-state index contributed by atoms with van der Waals surface area (Å²) >= 11 is 0. The molecule has 1 N–H and O–H groups in total. The van der Waals surface area contributed by atoms with E-state index < -0.39 is 29.5 Å². The third-order valence-electron chi connectivity index (χ3n) is 2.61. The lowest BCUT2D eigenvalue weighted by Gasteiger charge is -2.21. The third kappa shape index (κ3) is 6.08. The number of carbonyl (C=O) groups is 1. The molecule has 0 bridgehead atoms. The van der Waals surface area contributed by atoms with E-state index in [0.29, 0.717) is 5.56 Å². The van der Waals surface area contributed by atoms with Crippen molar-refractivity contribution in [2.24, 2.45) is 0 Å². The van der Waals surface area contributed by atoms with Crippen molar-refractivity contribution in [2.45, 2.75) is 45.0 Å². The molecule has 120 valence electrons. The van der Waals surface area contributed by atoms with Gasteiger partial charge in [-0.15, -0.1) is 6.42 Å². The molecule has 22 heavy (non-hydrogen) atoms. The van der Waals surface area contributed by atoms with Crippen molar-refractivity contribution in [2.75, 3.05) is 0 Å². The van der Waals surface area contributed by atoms with Crippen molar-refractivity contribution >= 4 is 6.09 Å². The van der Waals surface area contributed by atoms with E-state index in [0.717, 1.165) is 12.1 Å². The molecule has 0 aliphatic rings. The Morgan fingerprint density at radius 2 is 1.82 bits per heavy atom. The zero-order chi connectivity index (χ0) is 17.0. The Balaban J connectivity index is 2.67. The van der Waals surface area contributed by atoms with Gasteiger partial charge in [-0.05, 0) is 38.5 Å². The molecule has 0 radical (unpaired) electrons. The highest BCUT2D eigenvalue weighted by Crippen LogP contribution is 2.29. The lowest BCUT2D eigenvalue weighted by atomic mass is 10.0. The third-order valence-corrected chi connectivity index (χ3v) is 2.61. The smallest absolute Gasteiger partial charge is 0.416 e. The highest BCUT2D eigenvalue weighted by Gasteiger charge is 2.30. The first kappa shape index (κ1) is 17.9. The maximum absolute atomic E-state index is 12.5. The number of halogens is 3. The van der Waals surface area contributed by atoms with Crippen LogP contribution in [0.3, 0.4) is 0 Å². The number of hydrogen-bond acceptors (Lipinski definition) is 2. The van der Waals surface area contributed by atoms with Crippen molar-refractivity contribution in [1.82, 2.24) is 5.32 Å². The molecule has 0 heterocycles. The largest absolute Gasteiger partial charge is 0.444 e. The summed E-state index contributed by atoms with van der Waals surface area (Å²) in [5.74, 6) is 2.38. The van der Waals surface area contributed by atoms with Gasteiger partial charge < -0.3 is 10.1 Å². The first-order valence-electron chi connectivity index (χ1n) is 6.63. The zero-order valence-electron chi connectivity index (χ0n) is 12.6. The lowest BCUT2D eigenvalue weighted by Crippen LogP contribution is -2.39. The van der Waals surface area contributed by atoms with Gasteiger partial charge in [-0.3, -0.25) is 0 Å². The van der Waals surface area contributed by atoms with E-state index in [-0.39, 0.29) is 6.42 Å². The van der Waals surface area contributed by atoms with E-state index in [2.05, 4.69) is 11.2 Å². The van der Waals surface area contributed by atoms with Crippen LogP contribution in [0, 0.1) is 12.3 Å². The van der Waals surface area contributed by atoms with Crippen LogP contribution in [0.4, 0.5) is 18.0 Å². The molecule has 0 aromatic heterocycles. The molecule has 1 atom stereocenters. The Morgan fingerprint density at radius 3 is 2.23 bits per heavy atom. The molecular weight excluding hydrogens is 295 g/mol. The highest BCUT2D eigenvalue weighted by atomic mass is 19.4. The summed E-state index contributed by atoms with van der Waals surface area (Å²) in [6.45, 7) is 5.15. The molecule has 1 aromatic carbocycles. The fourth-order valence-electron chi connectivity index (χ4n) is 1.67. The zero-order valence-corrected chi connectivity index (χ0v) is 12.6. The van der Waals surface area contributed by atoms with Gasteiger partial charge in [0.25, 0.3) is 0 Å². The van der Waals surface area contributed by atoms with Crippen LogP contribution in [0.25, 0.3) is 0 Å². The van der Waals surface area contributed by atoms with Gasteiger partial charge in [-0.1, -0.05) is 18.1 Å². The molecule has 1 aromatic rings. The van der Waals surface area contributed by atoms with E-state index in [4.69, 9.17) is 11.2 Å². The van der Waals surface area contributed by atoms with Gasteiger partial charge in [0.2, 0.25) is 0 Å². The van der Waals surface area contributed by atoms with Gasteiger partial charge in [-0.2, -0.15) is 13.2 Å². The number of hydrogen-bond donors (Lipinski definition) is 1. The van der Waals surface area contributed by atoms with Gasteiger partial charge in [0.15, 0.2) is 0 Å². The number of nitrogens with one attached hydrogen (secondary N) is 1. The fraction of sp³-hybridized carbons (Fsp3) is 0.438. The van der Waals surface area contributed by atoms with E-state index in [1.165, 1.54) is 12.1 Å². The summed E-state index contributed by atoms with van der Waals surface area (Å²) in [6.07, 6.45) is 0.507. The molecule has 3 nitrogen and oxygen atoms in total. The molecule has 0 spiro atoms. The van der Waals surface area contributed by atoms with Gasteiger partial charge in [0.1, 0.15) is 5.60 Å². The second kappa shape index (κ2) is 6.73. The number of ether oxygens (including phenoxy) is 1. The first-order chi connectivity index (χ1) is 10.0.